The van der Waals surface area contributed by atoms with E-state index in [0.717, 1.165) is 22.4 Å². The average Bonchev–Trinajstić information content (AvgIpc) is 2.27. The molecule has 3 nitrogen and oxygen atoms in total. The van der Waals surface area contributed by atoms with Crippen molar-refractivity contribution in [2.45, 2.75) is 13.8 Å². The first-order valence-corrected chi connectivity index (χ1v) is 5.11. The molecule has 0 saturated carbocycles. The van der Waals surface area contributed by atoms with Gasteiger partial charge in [-0.2, -0.15) is 0 Å². The van der Waals surface area contributed by atoms with Gasteiger partial charge in [-0.3, -0.25) is 4.98 Å². The van der Waals surface area contributed by atoms with Crippen LogP contribution in [0.1, 0.15) is 11.3 Å². The molecule has 2 aromatic rings. The quantitative estimate of drug-likeness (QED) is 0.566. The van der Waals surface area contributed by atoms with Crippen molar-refractivity contribution in [3.05, 3.63) is 41.7 Å². The summed E-state index contributed by atoms with van der Waals surface area (Å²) in [5.74, 6) is 0.117. The molecule has 0 fully saturated rings. The number of phenolic OH excluding ortho intramolecular Hbond substituents is 1. The summed E-state index contributed by atoms with van der Waals surface area (Å²) in [7, 11) is 0. The van der Waals surface area contributed by atoms with Crippen LogP contribution in [0.4, 0.5) is 5.69 Å². The molecule has 0 radical (unpaired) electrons. The van der Waals surface area contributed by atoms with E-state index in [0.29, 0.717) is 5.69 Å². The second-order valence-corrected chi connectivity index (χ2v) is 3.81. The topological polar surface area (TPSA) is 59.1 Å². The summed E-state index contributed by atoms with van der Waals surface area (Å²) in [6.45, 7) is 3.96. The van der Waals surface area contributed by atoms with E-state index in [9.17, 15) is 5.11 Å². The van der Waals surface area contributed by atoms with E-state index >= 15 is 0 Å². The number of pyridine rings is 1. The van der Waals surface area contributed by atoms with E-state index in [4.69, 9.17) is 5.73 Å². The first kappa shape index (κ1) is 10.5. The lowest BCUT2D eigenvalue weighted by Crippen LogP contribution is -1.95. The fourth-order valence-corrected chi connectivity index (χ4v) is 1.72. The highest BCUT2D eigenvalue weighted by atomic mass is 16.3. The van der Waals surface area contributed by atoms with Gasteiger partial charge in [-0.05, 0) is 37.1 Å². The molecule has 2 rings (SSSR count). The lowest BCUT2D eigenvalue weighted by molar-refractivity contribution is 0.478. The van der Waals surface area contributed by atoms with E-state index in [1.165, 1.54) is 0 Å². The van der Waals surface area contributed by atoms with Gasteiger partial charge in [-0.25, -0.2) is 0 Å². The predicted octanol–water partition coefficient (Wildman–Crippen LogP) is 2.65. The summed E-state index contributed by atoms with van der Waals surface area (Å²) >= 11 is 0. The maximum Gasteiger partial charge on any atom is 0.139 e. The molecule has 82 valence electrons. The third-order valence-electron chi connectivity index (χ3n) is 2.83. The molecule has 0 spiro atoms. The third kappa shape index (κ3) is 1.60. The second kappa shape index (κ2) is 3.85. The van der Waals surface area contributed by atoms with Gasteiger partial charge in [-0.1, -0.05) is 12.1 Å². The summed E-state index contributed by atoms with van der Waals surface area (Å²) in [5.41, 5.74) is 10.2. The van der Waals surface area contributed by atoms with E-state index in [2.05, 4.69) is 4.98 Å². The van der Waals surface area contributed by atoms with Crippen molar-refractivity contribution in [2.75, 3.05) is 5.73 Å². The number of para-hydroxylation sites is 1. The van der Waals surface area contributed by atoms with Crippen LogP contribution in [0.5, 0.6) is 5.75 Å². The third-order valence-corrected chi connectivity index (χ3v) is 2.83. The molecule has 0 atom stereocenters. The number of aryl methyl sites for hydroxylation is 1. The molecule has 16 heavy (non-hydrogen) atoms. The van der Waals surface area contributed by atoms with Gasteiger partial charge in [0.2, 0.25) is 0 Å². The summed E-state index contributed by atoms with van der Waals surface area (Å²) in [5, 5.41) is 9.58. The molecular formula is C13H14N2O. The van der Waals surface area contributed by atoms with Crippen LogP contribution in [0.3, 0.4) is 0 Å². The molecule has 0 aliphatic heterocycles. The van der Waals surface area contributed by atoms with Crippen LogP contribution in [0, 0.1) is 13.8 Å². The van der Waals surface area contributed by atoms with Gasteiger partial charge in [0.15, 0.2) is 0 Å². The highest BCUT2D eigenvalue weighted by Crippen LogP contribution is 2.34. The van der Waals surface area contributed by atoms with Crippen LogP contribution in [0.15, 0.2) is 30.5 Å². The van der Waals surface area contributed by atoms with Crippen LogP contribution in [-0.4, -0.2) is 10.1 Å². The van der Waals surface area contributed by atoms with Crippen LogP contribution in [0.2, 0.25) is 0 Å². The minimum Gasteiger partial charge on any atom is -0.506 e. The Hall–Kier alpha value is -2.03. The number of aromatic hydroxyl groups is 1. The number of nitrogens with two attached hydrogens (primary N) is 1. The largest absolute Gasteiger partial charge is 0.506 e. The number of hydrogen-bond donors (Lipinski definition) is 2. The number of nitrogen functional groups attached to an aromatic ring is 1. The van der Waals surface area contributed by atoms with E-state index < -0.39 is 0 Å². The van der Waals surface area contributed by atoms with Crippen molar-refractivity contribution < 1.29 is 5.11 Å². The van der Waals surface area contributed by atoms with Gasteiger partial charge in [0.1, 0.15) is 5.75 Å². The SMILES string of the molecule is Cc1nccc(-c2cccc(O)c2N)c1C. The number of phenols is 1. The Morgan fingerprint density at radius 1 is 1.12 bits per heavy atom. The second-order valence-electron chi connectivity index (χ2n) is 3.81. The maximum atomic E-state index is 9.58. The van der Waals surface area contributed by atoms with Crippen molar-refractivity contribution >= 4 is 5.69 Å². The summed E-state index contributed by atoms with van der Waals surface area (Å²) in [6, 6.07) is 7.18. The number of nitrogens with zero attached hydrogens (tertiary/aromatic N) is 1. The Kier molecular flexibility index (Phi) is 2.52. The molecule has 0 amide bonds. The lowest BCUT2D eigenvalue weighted by Gasteiger charge is -2.11. The van der Waals surface area contributed by atoms with Gasteiger partial charge < -0.3 is 10.8 Å². The molecule has 1 aromatic carbocycles. The zero-order valence-electron chi connectivity index (χ0n) is 9.36. The monoisotopic (exact) mass is 214 g/mol. The molecule has 3 N–H and O–H groups in total. The Morgan fingerprint density at radius 3 is 2.62 bits per heavy atom. The molecule has 0 aliphatic rings. The number of aromatic nitrogens is 1. The smallest absolute Gasteiger partial charge is 0.139 e. The van der Waals surface area contributed by atoms with Crippen molar-refractivity contribution in [3.63, 3.8) is 0 Å². The van der Waals surface area contributed by atoms with E-state index in [1.807, 2.05) is 26.0 Å². The van der Waals surface area contributed by atoms with Crippen molar-refractivity contribution in [1.29, 1.82) is 0 Å². The van der Waals surface area contributed by atoms with Crippen LogP contribution in [-0.2, 0) is 0 Å². The van der Waals surface area contributed by atoms with E-state index in [1.54, 1.807) is 18.3 Å². The fraction of sp³-hybridized carbons (Fsp3) is 0.154. The summed E-state index contributed by atoms with van der Waals surface area (Å²) in [4.78, 5) is 4.21. The Labute approximate surface area is 94.6 Å². The van der Waals surface area contributed by atoms with Gasteiger partial charge in [0.05, 0.1) is 5.69 Å². The Bertz CT molecular complexity index is 486. The molecule has 1 heterocycles. The Morgan fingerprint density at radius 2 is 1.88 bits per heavy atom. The maximum absolute atomic E-state index is 9.58. The fourth-order valence-electron chi connectivity index (χ4n) is 1.72. The molecular weight excluding hydrogens is 200 g/mol. The van der Waals surface area contributed by atoms with Crippen LogP contribution >= 0.6 is 0 Å². The Balaban J connectivity index is 2.68. The molecule has 0 aliphatic carbocycles. The summed E-state index contributed by atoms with van der Waals surface area (Å²) < 4.78 is 0. The first-order valence-electron chi connectivity index (χ1n) is 5.11. The number of hydrogen-bond acceptors (Lipinski definition) is 3. The first-order chi connectivity index (χ1) is 7.61. The van der Waals surface area contributed by atoms with Crippen molar-refractivity contribution in [2.24, 2.45) is 0 Å². The van der Waals surface area contributed by atoms with Gasteiger partial charge in [-0.15, -0.1) is 0 Å². The highest BCUT2D eigenvalue weighted by molar-refractivity contribution is 5.82. The highest BCUT2D eigenvalue weighted by Gasteiger charge is 2.09. The van der Waals surface area contributed by atoms with Crippen LogP contribution in [0.25, 0.3) is 11.1 Å². The number of rotatable bonds is 1. The van der Waals surface area contributed by atoms with Gasteiger partial charge in [0, 0.05) is 17.5 Å². The number of anilines is 1. The van der Waals surface area contributed by atoms with Gasteiger partial charge in [0.25, 0.3) is 0 Å². The normalized spacial score (nSPS) is 10.4. The van der Waals surface area contributed by atoms with Crippen molar-refractivity contribution in [1.82, 2.24) is 4.98 Å². The standard InChI is InChI=1S/C13H14N2O/c1-8-9(2)15-7-6-10(8)11-4-3-5-12(16)13(11)14/h3-7,16H,14H2,1-2H3. The number of benzene rings is 1. The molecule has 0 unspecified atom stereocenters. The predicted molar refractivity (Wildman–Crippen MR) is 65.2 cm³/mol. The lowest BCUT2D eigenvalue weighted by atomic mass is 9.99. The average molecular weight is 214 g/mol. The zero-order chi connectivity index (χ0) is 11.7. The minimum atomic E-state index is 0.117. The van der Waals surface area contributed by atoms with Crippen LogP contribution < -0.4 is 5.73 Å². The molecule has 0 saturated heterocycles. The minimum absolute atomic E-state index is 0.117. The summed E-state index contributed by atoms with van der Waals surface area (Å²) in [6.07, 6.45) is 1.75. The van der Waals surface area contributed by atoms with E-state index in [-0.39, 0.29) is 5.75 Å². The molecule has 1 aromatic heterocycles. The van der Waals surface area contributed by atoms with Crippen molar-refractivity contribution in [3.8, 4) is 16.9 Å². The van der Waals surface area contributed by atoms with Gasteiger partial charge >= 0.3 is 0 Å². The zero-order valence-corrected chi connectivity index (χ0v) is 9.36. The molecule has 0 bridgehead atoms. The molecule has 3 heteroatoms.